The number of rotatable bonds is 5. The van der Waals surface area contributed by atoms with Crippen LogP contribution in [0.5, 0.6) is 0 Å². The number of aliphatic hydroxyl groups excluding tert-OH is 1. The maximum absolute atomic E-state index is 13.3. The Morgan fingerprint density at radius 2 is 1.86 bits per heavy atom. The van der Waals surface area contributed by atoms with E-state index in [9.17, 15) is 23.5 Å². The molecule has 0 bridgehead atoms. The van der Waals surface area contributed by atoms with Crippen LogP contribution in [-0.2, 0) is 0 Å². The molecule has 1 aromatic heterocycles. The Bertz CT molecular complexity index is 1070. The van der Waals surface area contributed by atoms with Crippen molar-refractivity contribution in [1.82, 2.24) is 15.1 Å². The molecule has 0 aliphatic carbocycles. The molecule has 3 rings (SSSR count). The summed E-state index contributed by atoms with van der Waals surface area (Å²) in [5, 5.41) is 16.6. The van der Waals surface area contributed by atoms with Crippen molar-refractivity contribution in [2.75, 3.05) is 6.54 Å². The number of nitrogens with zero attached hydrogens (tertiary/aromatic N) is 2. The molecule has 1 heterocycles. The zero-order valence-corrected chi connectivity index (χ0v) is 14.9. The van der Waals surface area contributed by atoms with E-state index in [0.717, 1.165) is 12.1 Å². The lowest BCUT2D eigenvalue weighted by atomic mass is 10.1. The zero-order valence-electron chi connectivity index (χ0n) is 14.9. The fourth-order valence-corrected chi connectivity index (χ4v) is 2.65. The average molecular weight is 385 g/mol. The predicted octanol–water partition coefficient (Wildman–Crippen LogP) is 2.28. The minimum Gasteiger partial charge on any atom is -0.387 e. The summed E-state index contributed by atoms with van der Waals surface area (Å²) in [5.41, 5.74) is 0.416. The SMILES string of the molecule is Cc1cc(=O)c(C(=O)NCC(O)c2ccc(F)c(F)c2)nn1-c1ccccc1. The molecule has 8 heteroatoms. The summed E-state index contributed by atoms with van der Waals surface area (Å²) >= 11 is 0. The monoisotopic (exact) mass is 385 g/mol. The van der Waals surface area contributed by atoms with Crippen LogP contribution in [-0.4, -0.2) is 27.3 Å². The standard InChI is InChI=1S/C20H17F2N3O3/c1-12-9-17(26)19(24-25(12)14-5-3-2-4-6-14)20(28)23-11-18(27)13-7-8-15(21)16(22)10-13/h2-10,18,27H,11H2,1H3,(H,23,28). The van der Waals surface area contributed by atoms with Gasteiger partial charge in [-0.25, -0.2) is 13.5 Å². The number of halogens is 2. The molecular formula is C20H17F2N3O3. The summed E-state index contributed by atoms with van der Waals surface area (Å²) in [6.07, 6.45) is -1.28. The molecule has 0 aliphatic heterocycles. The van der Waals surface area contributed by atoms with Crippen molar-refractivity contribution in [1.29, 1.82) is 0 Å². The quantitative estimate of drug-likeness (QED) is 0.706. The van der Waals surface area contributed by atoms with Crippen molar-refractivity contribution in [3.8, 4) is 5.69 Å². The number of carbonyl (C=O) groups excluding carboxylic acids is 1. The maximum atomic E-state index is 13.3. The predicted molar refractivity (Wildman–Crippen MR) is 98.2 cm³/mol. The molecule has 1 atom stereocenters. The number of aryl methyl sites for hydroxylation is 1. The number of benzene rings is 2. The number of aromatic nitrogens is 2. The molecule has 28 heavy (non-hydrogen) atoms. The minimum atomic E-state index is -1.28. The van der Waals surface area contributed by atoms with Crippen LogP contribution in [0, 0.1) is 18.6 Å². The second-order valence-corrected chi connectivity index (χ2v) is 6.15. The summed E-state index contributed by atoms with van der Waals surface area (Å²) < 4.78 is 27.7. The Hall–Kier alpha value is -3.39. The molecule has 0 fully saturated rings. The first-order chi connectivity index (χ1) is 13.4. The summed E-state index contributed by atoms with van der Waals surface area (Å²) in [7, 11) is 0. The first-order valence-electron chi connectivity index (χ1n) is 8.44. The zero-order chi connectivity index (χ0) is 20.3. The lowest BCUT2D eigenvalue weighted by molar-refractivity contribution is 0.0908. The third-order valence-electron chi connectivity index (χ3n) is 4.11. The first kappa shape index (κ1) is 19.4. The average Bonchev–Trinajstić information content (AvgIpc) is 2.68. The molecule has 144 valence electrons. The van der Waals surface area contributed by atoms with Gasteiger partial charge in [-0.1, -0.05) is 24.3 Å². The maximum Gasteiger partial charge on any atom is 0.275 e. The van der Waals surface area contributed by atoms with Crippen molar-refractivity contribution in [3.63, 3.8) is 0 Å². The van der Waals surface area contributed by atoms with Gasteiger partial charge in [0, 0.05) is 18.3 Å². The summed E-state index contributed by atoms with van der Waals surface area (Å²) in [4.78, 5) is 24.6. The molecule has 1 amide bonds. The van der Waals surface area contributed by atoms with Crippen LogP contribution in [0.15, 0.2) is 59.4 Å². The van der Waals surface area contributed by atoms with Gasteiger partial charge in [0.05, 0.1) is 11.8 Å². The van der Waals surface area contributed by atoms with E-state index < -0.39 is 29.1 Å². The highest BCUT2D eigenvalue weighted by Crippen LogP contribution is 2.15. The molecule has 0 radical (unpaired) electrons. The van der Waals surface area contributed by atoms with E-state index in [1.807, 2.05) is 6.07 Å². The molecular weight excluding hydrogens is 368 g/mol. The number of amides is 1. The van der Waals surface area contributed by atoms with Crippen LogP contribution in [0.1, 0.15) is 27.8 Å². The third kappa shape index (κ3) is 4.12. The van der Waals surface area contributed by atoms with Crippen molar-refractivity contribution in [2.24, 2.45) is 0 Å². The highest BCUT2D eigenvalue weighted by Gasteiger charge is 2.17. The van der Waals surface area contributed by atoms with E-state index in [0.29, 0.717) is 11.4 Å². The van der Waals surface area contributed by atoms with Crippen LogP contribution in [0.25, 0.3) is 5.69 Å². The lowest BCUT2D eigenvalue weighted by Crippen LogP contribution is -2.34. The molecule has 2 aromatic carbocycles. The van der Waals surface area contributed by atoms with Gasteiger partial charge in [0.2, 0.25) is 5.43 Å². The topological polar surface area (TPSA) is 84.2 Å². The van der Waals surface area contributed by atoms with Gasteiger partial charge in [0.15, 0.2) is 17.3 Å². The molecule has 0 saturated carbocycles. The number of hydrogen-bond acceptors (Lipinski definition) is 4. The summed E-state index contributed by atoms with van der Waals surface area (Å²) in [6.45, 7) is 1.39. The Balaban J connectivity index is 1.79. The smallest absolute Gasteiger partial charge is 0.275 e. The largest absolute Gasteiger partial charge is 0.387 e. The molecule has 6 nitrogen and oxygen atoms in total. The molecule has 3 aromatic rings. The van der Waals surface area contributed by atoms with Gasteiger partial charge in [-0.3, -0.25) is 9.59 Å². The molecule has 1 unspecified atom stereocenters. The van der Waals surface area contributed by atoms with Gasteiger partial charge in [-0.2, -0.15) is 5.10 Å². The minimum absolute atomic E-state index is 0.0951. The number of para-hydroxylation sites is 1. The van der Waals surface area contributed by atoms with Crippen LogP contribution in [0.3, 0.4) is 0 Å². The van der Waals surface area contributed by atoms with Gasteiger partial charge in [-0.05, 0) is 36.8 Å². The highest BCUT2D eigenvalue weighted by molar-refractivity contribution is 5.92. The van der Waals surface area contributed by atoms with E-state index in [-0.39, 0.29) is 17.8 Å². The van der Waals surface area contributed by atoms with Crippen LogP contribution in [0.2, 0.25) is 0 Å². The van der Waals surface area contributed by atoms with E-state index in [1.165, 1.54) is 16.8 Å². The van der Waals surface area contributed by atoms with E-state index in [2.05, 4.69) is 10.4 Å². The lowest BCUT2D eigenvalue weighted by Gasteiger charge is -2.14. The normalized spacial score (nSPS) is 11.9. The number of aliphatic hydroxyl groups is 1. The van der Waals surface area contributed by atoms with Gasteiger partial charge in [-0.15, -0.1) is 0 Å². The Morgan fingerprint density at radius 1 is 1.14 bits per heavy atom. The molecule has 0 aliphatic rings. The Morgan fingerprint density at radius 3 is 2.54 bits per heavy atom. The molecule has 0 spiro atoms. The Kier molecular flexibility index (Phi) is 5.60. The number of hydrogen-bond donors (Lipinski definition) is 2. The fraction of sp³-hybridized carbons (Fsp3) is 0.150. The van der Waals surface area contributed by atoms with Crippen molar-refractivity contribution < 1.29 is 18.7 Å². The second kappa shape index (κ2) is 8.10. The van der Waals surface area contributed by atoms with Gasteiger partial charge < -0.3 is 10.4 Å². The van der Waals surface area contributed by atoms with Crippen molar-refractivity contribution in [2.45, 2.75) is 13.0 Å². The van der Waals surface area contributed by atoms with E-state index in [1.54, 1.807) is 31.2 Å². The first-order valence-corrected chi connectivity index (χ1v) is 8.44. The van der Waals surface area contributed by atoms with Crippen LogP contribution in [0.4, 0.5) is 8.78 Å². The fourth-order valence-electron chi connectivity index (χ4n) is 2.65. The van der Waals surface area contributed by atoms with Gasteiger partial charge in [0.1, 0.15) is 0 Å². The van der Waals surface area contributed by atoms with Crippen LogP contribution >= 0.6 is 0 Å². The number of carbonyl (C=O) groups is 1. The number of nitrogens with one attached hydrogen (secondary N) is 1. The molecule has 0 saturated heterocycles. The van der Waals surface area contributed by atoms with Gasteiger partial charge >= 0.3 is 0 Å². The Labute approximate surface area is 159 Å². The van der Waals surface area contributed by atoms with Crippen molar-refractivity contribution in [3.05, 3.63) is 93.4 Å². The van der Waals surface area contributed by atoms with E-state index >= 15 is 0 Å². The van der Waals surface area contributed by atoms with Gasteiger partial charge in [0.25, 0.3) is 5.91 Å². The van der Waals surface area contributed by atoms with E-state index in [4.69, 9.17) is 0 Å². The second-order valence-electron chi connectivity index (χ2n) is 6.15. The summed E-state index contributed by atoms with van der Waals surface area (Å²) in [5.74, 6) is -2.92. The third-order valence-corrected chi connectivity index (χ3v) is 4.11. The van der Waals surface area contributed by atoms with Crippen LogP contribution < -0.4 is 10.7 Å². The molecule has 2 N–H and O–H groups in total. The highest BCUT2D eigenvalue weighted by atomic mass is 19.2. The van der Waals surface area contributed by atoms with Crippen molar-refractivity contribution >= 4 is 5.91 Å². The summed E-state index contributed by atoms with van der Waals surface area (Å²) in [6, 6.07) is 13.2.